The summed E-state index contributed by atoms with van der Waals surface area (Å²) in [6.07, 6.45) is 5.50. The van der Waals surface area contributed by atoms with Gasteiger partial charge in [-0.15, -0.1) is 0 Å². The molecule has 1 amide bonds. The molecule has 2 aromatic rings. The van der Waals surface area contributed by atoms with Gasteiger partial charge < -0.3 is 18.9 Å². The molecule has 0 unspecified atom stereocenters. The Hall–Kier alpha value is -4.05. The number of hydrogen-bond donors (Lipinski definition) is 0. The van der Waals surface area contributed by atoms with Crippen LogP contribution in [-0.2, 0) is 41.8 Å². The molecule has 10 nitrogen and oxygen atoms in total. The summed E-state index contributed by atoms with van der Waals surface area (Å²) in [5.74, 6) is -1.63. The Balaban J connectivity index is 1.09. The molecule has 3 fully saturated rings. The van der Waals surface area contributed by atoms with Gasteiger partial charge in [0.05, 0.1) is 19.1 Å². The number of fused-ring (bicyclic) bond motifs is 5. The number of ketones is 2. The van der Waals surface area contributed by atoms with Crippen LogP contribution in [0.2, 0.25) is 0 Å². The number of ether oxygens (including phenoxy) is 4. The third-order valence-corrected chi connectivity index (χ3v) is 9.47. The first kappa shape index (κ1) is 31.9. The first-order valence-electron chi connectivity index (χ1n) is 16.2. The number of benzene rings is 2. The van der Waals surface area contributed by atoms with E-state index >= 15 is 0 Å². The minimum atomic E-state index is -0.755. The average molecular weight is 632 g/mol. The van der Waals surface area contributed by atoms with Crippen molar-refractivity contribution >= 4 is 29.6 Å². The van der Waals surface area contributed by atoms with Crippen molar-refractivity contribution in [3.63, 3.8) is 0 Å². The molecule has 2 saturated carbocycles. The van der Waals surface area contributed by atoms with Crippen LogP contribution >= 0.6 is 0 Å². The summed E-state index contributed by atoms with van der Waals surface area (Å²) < 4.78 is 22.3. The highest BCUT2D eigenvalue weighted by atomic mass is 16.6. The number of carbonyl (C=O) groups is 5. The van der Waals surface area contributed by atoms with E-state index in [9.17, 15) is 24.0 Å². The van der Waals surface area contributed by atoms with Crippen LogP contribution in [0.4, 0.5) is 4.79 Å². The molecule has 2 aliphatic carbocycles. The second kappa shape index (κ2) is 13.0. The highest BCUT2D eigenvalue weighted by Gasteiger charge is 2.53. The second-order valence-corrected chi connectivity index (χ2v) is 13.8. The van der Waals surface area contributed by atoms with Gasteiger partial charge in [0.2, 0.25) is 0 Å². The Morgan fingerprint density at radius 2 is 1.35 bits per heavy atom. The Bertz CT molecular complexity index is 1550. The van der Waals surface area contributed by atoms with E-state index in [1.54, 1.807) is 45.0 Å². The normalized spacial score (nSPS) is 22.1. The molecule has 2 aromatic carbocycles. The summed E-state index contributed by atoms with van der Waals surface area (Å²) in [5, 5.41) is 0. The third kappa shape index (κ3) is 6.72. The summed E-state index contributed by atoms with van der Waals surface area (Å²) in [6.45, 7) is 5.14. The van der Waals surface area contributed by atoms with Crippen LogP contribution in [0.3, 0.4) is 0 Å². The minimum Gasteiger partial charge on any atom is -0.457 e. The van der Waals surface area contributed by atoms with Crippen molar-refractivity contribution in [1.29, 1.82) is 0 Å². The zero-order chi connectivity index (χ0) is 32.6. The van der Waals surface area contributed by atoms with Crippen molar-refractivity contribution in [2.75, 3.05) is 13.2 Å². The molecule has 0 spiro atoms. The Morgan fingerprint density at radius 1 is 0.783 bits per heavy atom. The van der Waals surface area contributed by atoms with Crippen LogP contribution in [0.25, 0.3) is 11.1 Å². The largest absolute Gasteiger partial charge is 0.457 e. The smallest absolute Gasteiger partial charge is 0.411 e. The van der Waals surface area contributed by atoms with Crippen LogP contribution in [0.15, 0.2) is 36.4 Å². The SMILES string of the molecule is CC(C)(C)OC(=O)N1[C@@H]2CC[C@@H](C2)[C@@H]1C(=O)OCC(=O)c1ccc2c(c1)COCc1cc(C(=O)COC(=O)C3CCCC3)ccc1-2. The van der Waals surface area contributed by atoms with E-state index in [1.807, 2.05) is 12.1 Å². The van der Waals surface area contributed by atoms with Crippen LogP contribution in [0.1, 0.15) is 97.6 Å². The fraction of sp³-hybridized carbons (Fsp3) is 0.528. The van der Waals surface area contributed by atoms with E-state index in [0.717, 1.165) is 67.2 Å². The number of hydrogen-bond acceptors (Lipinski definition) is 9. The molecular weight excluding hydrogens is 590 g/mol. The molecule has 0 radical (unpaired) electrons. The van der Waals surface area contributed by atoms with Gasteiger partial charge in [-0.05, 0) is 93.2 Å². The van der Waals surface area contributed by atoms with Gasteiger partial charge in [0.25, 0.3) is 0 Å². The number of esters is 2. The summed E-state index contributed by atoms with van der Waals surface area (Å²) in [4.78, 5) is 65.8. The molecule has 4 aliphatic rings. The van der Waals surface area contributed by atoms with E-state index in [0.29, 0.717) is 11.1 Å². The van der Waals surface area contributed by atoms with Gasteiger partial charge in [-0.1, -0.05) is 37.1 Å². The molecule has 244 valence electrons. The van der Waals surface area contributed by atoms with E-state index in [4.69, 9.17) is 18.9 Å². The van der Waals surface area contributed by atoms with Gasteiger partial charge in [0.15, 0.2) is 24.8 Å². The lowest BCUT2D eigenvalue weighted by Gasteiger charge is -2.35. The fourth-order valence-corrected chi connectivity index (χ4v) is 7.24. The quantitative estimate of drug-likeness (QED) is 0.201. The number of piperidine rings is 1. The Labute approximate surface area is 268 Å². The molecular formula is C36H41NO9. The van der Waals surface area contributed by atoms with Gasteiger partial charge in [0.1, 0.15) is 11.6 Å². The van der Waals surface area contributed by atoms with Crippen LogP contribution in [0.5, 0.6) is 0 Å². The molecule has 2 bridgehead atoms. The molecule has 3 atom stereocenters. The van der Waals surface area contributed by atoms with Crippen molar-refractivity contribution in [1.82, 2.24) is 4.90 Å². The Kier molecular flexibility index (Phi) is 9.01. The lowest BCUT2D eigenvalue weighted by molar-refractivity contribution is -0.150. The topological polar surface area (TPSA) is 126 Å². The number of rotatable bonds is 8. The highest BCUT2D eigenvalue weighted by molar-refractivity contribution is 6.00. The summed E-state index contributed by atoms with van der Waals surface area (Å²) in [6, 6.07) is 9.79. The lowest BCUT2D eigenvalue weighted by Crippen LogP contribution is -2.51. The summed E-state index contributed by atoms with van der Waals surface area (Å²) >= 11 is 0. The maximum absolute atomic E-state index is 13.2. The highest BCUT2D eigenvalue weighted by Crippen LogP contribution is 2.43. The molecule has 0 N–H and O–H groups in total. The zero-order valence-electron chi connectivity index (χ0n) is 26.7. The molecule has 10 heteroatoms. The zero-order valence-corrected chi connectivity index (χ0v) is 26.7. The van der Waals surface area contributed by atoms with Gasteiger partial charge in [-0.2, -0.15) is 0 Å². The van der Waals surface area contributed by atoms with Crippen LogP contribution in [-0.4, -0.2) is 65.4 Å². The predicted molar refractivity (Wildman–Crippen MR) is 166 cm³/mol. The average Bonchev–Trinajstić information content (AvgIpc) is 3.78. The van der Waals surface area contributed by atoms with Gasteiger partial charge in [0, 0.05) is 17.2 Å². The first-order chi connectivity index (χ1) is 22.0. The van der Waals surface area contributed by atoms with E-state index in [-0.39, 0.29) is 55.2 Å². The molecule has 2 heterocycles. The van der Waals surface area contributed by atoms with Gasteiger partial charge >= 0.3 is 18.0 Å². The summed E-state index contributed by atoms with van der Waals surface area (Å²) in [7, 11) is 0. The molecule has 0 aromatic heterocycles. The van der Waals surface area contributed by atoms with Crippen LogP contribution < -0.4 is 0 Å². The van der Waals surface area contributed by atoms with Crippen molar-refractivity contribution in [3.8, 4) is 11.1 Å². The number of carbonyl (C=O) groups excluding carboxylic acids is 5. The number of nitrogens with zero attached hydrogens (tertiary/aromatic N) is 1. The lowest BCUT2D eigenvalue weighted by atomic mass is 9.92. The van der Waals surface area contributed by atoms with Crippen molar-refractivity contribution < 1.29 is 42.9 Å². The molecule has 1 saturated heterocycles. The standard InChI is InChI=1S/C36H41NO9/c1-36(2,3)46-35(42)37-27-11-8-24(16-27)32(37)34(41)45-20-31(39)23-10-13-29-26(15-23)18-43-17-25-14-22(9-12-28(25)29)30(38)19-44-33(40)21-6-4-5-7-21/h9-10,12-15,21,24,27,32H,4-8,11,16-20H2,1-3H3/t24-,27+,32+/m0/s1. The summed E-state index contributed by atoms with van der Waals surface area (Å²) in [5.41, 5.74) is 3.51. The molecule has 46 heavy (non-hydrogen) atoms. The fourth-order valence-electron chi connectivity index (χ4n) is 7.24. The van der Waals surface area contributed by atoms with Crippen LogP contribution in [0, 0.1) is 11.8 Å². The maximum atomic E-state index is 13.2. The first-order valence-corrected chi connectivity index (χ1v) is 16.2. The third-order valence-electron chi connectivity index (χ3n) is 9.47. The van der Waals surface area contributed by atoms with Crippen molar-refractivity contribution in [3.05, 3.63) is 58.7 Å². The van der Waals surface area contributed by atoms with E-state index < -0.39 is 30.3 Å². The number of amides is 1. The second-order valence-electron chi connectivity index (χ2n) is 13.8. The number of Topliss-reactive ketones (excluding diaryl/α,β-unsaturated/α-hetero) is 2. The molecule has 6 rings (SSSR count). The molecule has 2 aliphatic heterocycles. The van der Waals surface area contributed by atoms with E-state index in [2.05, 4.69) is 0 Å². The monoisotopic (exact) mass is 631 g/mol. The van der Waals surface area contributed by atoms with E-state index in [1.165, 1.54) is 4.90 Å². The Morgan fingerprint density at radius 3 is 1.91 bits per heavy atom. The van der Waals surface area contributed by atoms with Gasteiger partial charge in [-0.25, -0.2) is 9.59 Å². The minimum absolute atomic E-state index is 0.00687. The number of likely N-dealkylation sites (tertiary alicyclic amines) is 1. The van der Waals surface area contributed by atoms with Crippen molar-refractivity contribution in [2.45, 2.75) is 96.6 Å². The van der Waals surface area contributed by atoms with Gasteiger partial charge in [-0.3, -0.25) is 19.3 Å². The van der Waals surface area contributed by atoms with Crippen molar-refractivity contribution in [2.24, 2.45) is 11.8 Å². The maximum Gasteiger partial charge on any atom is 0.411 e. The predicted octanol–water partition coefficient (Wildman–Crippen LogP) is 5.81.